The minimum atomic E-state index is -0.937. The number of carbonyl (C=O) groups excluding carboxylic acids is 2. The molecule has 0 bridgehead atoms. The third-order valence-electron chi connectivity index (χ3n) is 4.94. The molecule has 0 aromatic heterocycles. The number of halogens is 1. The lowest BCUT2D eigenvalue weighted by molar-refractivity contribution is -0.132. The number of aliphatic hydroxyl groups is 1. The van der Waals surface area contributed by atoms with Crippen molar-refractivity contribution in [3.05, 3.63) is 107 Å². The summed E-state index contributed by atoms with van der Waals surface area (Å²) in [6.45, 7) is 1.88. The van der Waals surface area contributed by atoms with Crippen LogP contribution >= 0.6 is 0 Å². The lowest BCUT2D eigenvalue weighted by Crippen LogP contribution is -2.29. The summed E-state index contributed by atoms with van der Waals surface area (Å²) in [7, 11) is 0. The number of rotatable bonds is 3. The van der Waals surface area contributed by atoms with Gasteiger partial charge in [0.25, 0.3) is 11.7 Å². The number of benzene rings is 3. The minimum absolute atomic E-state index is 0.0618. The van der Waals surface area contributed by atoms with E-state index in [1.54, 1.807) is 54.6 Å². The van der Waals surface area contributed by atoms with E-state index in [4.69, 9.17) is 0 Å². The fourth-order valence-electron chi connectivity index (χ4n) is 3.62. The molecule has 144 valence electrons. The molecule has 0 unspecified atom stereocenters. The van der Waals surface area contributed by atoms with Crippen molar-refractivity contribution in [1.29, 1.82) is 0 Å². The van der Waals surface area contributed by atoms with E-state index in [9.17, 15) is 19.1 Å². The van der Waals surface area contributed by atoms with E-state index >= 15 is 0 Å². The van der Waals surface area contributed by atoms with Gasteiger partial charge in [0.2, 0.25) is 0 Å². The van der Waals surface area contributed by atoms with E-state index in [1.165, 1.54) is 23.1 Å². The molecule has 1 heterocycles. The van der Waals surface area contributed by atoms with E-state index in [1.807, 2.05) is 13.0 Å². The number of nitrogens with zero attached hydrogens (tertiary/aromatic N) is 1. The lowest BCUT2D eigenvalue weighted by atomic mass is 9.95. The first-order valence-electron chi connectivity index (χ1n) is 9.16. The van der Waals surface area contributed by atoms with Crippen LogP contribution in [0.5, 0.6) is 0 Å². The van der Waals surface area contributed by atoms with Crippen molar-refractivity contribution < 1.29 is 19.1 Å². The number of anilines is 1. The molecule has 1 saturated heterocycles. The van der Waals surface area contributed by atoms with Crippen LogP contribution in [0.3, 0.4) is 0 Å². The Kier molecular flexibility index (Phi) is 4.72. The molecule has 5 heteroatoms. The van der Waals surface area contributed by atoms with E-state index in [0.717, 1.165) is 5.56 Å². The Morgan fingerprint density at radius 2 is 1.66 bits per heavy atom. The zero-order valence-electron chi connectivity index (χ0n) is 15.7. The van der Waals surface area contributed by atoms with Gasteiger partial charge in [-0.05, 0) is 42.3 Å². The average Bonchev–Trinajstić information content (AvgIpc) is 2.99. The van der Waals surface area contributed by atoms with Gasteiger partial charge in [-0.2, -0.15) is 0 Å². The predicted molar refractivity (Wildman–Crippen MR) is 109 cm³/mol. The standard InChI is InChI=1S/C24H18FNO3/c1-15-7-5-12-19(13-15)26-21(17-10-6-11-18(25)14-17)20(23(28)24(26)29)22(27)16-8-3-2-4-9-16/h2-14,21,27H,1H3/b22-20+/t21-/m0/s1. The maximum atomic E-state index is 14.0. The van der Waals surface area contributed by atoms with E-state index < -0.39 is 23.5 Å². The second-order valence-electron chi connectivity index (χ2n) is 6.93. The number of ketones is 1. The van der Waals surface area contributed by atoms with Gasteiger partial charge in [0.05, 0.1) is 11.6 Å². The summed E-state index contributed by atoms with van der Waals surface area (Å²) in [5.74, 6) is -2.34. The van der Waals surface area contributed by atoms with Gasteiger partial charge in [0.1, 0.15) is 11.6 Å². The normalized spacial score (nSPS) is 18.3. The Balaban J connectivity index is 1.97. The van der Waals surface area contributed by atoms with Crippen LogP contribution < -0.4 is 4.90 Å². The third kappa shape index (κ3) is 3.31. The SMILES string of the molecule is Cc1cccc(N2C(=O)C(=O)/C(=C(/O)c3ccccc3)[C@@H]2c2cccc(F)c2)c1. The number of amides is 1. The van der Waals surface area contributed by atoms with E-state index in [2.05, 4.69) is 0 Å². The average molecular weight is 387 g/mol. The second-order valence-corrected chi connectivity index (χ2v) is 6.93. The van der Waals surface area contributed by atoms with E-state index in [-0.39, 0.29) is 11.3 Å². The molecule has 1 atom stereocenters. The van der Waals surface area contributed by atoms with Gasteiger partial charge in [-0.15, -0.1) is 0 Å². The first-order chi connectivity index (χ1) is 14.0. The monoisotopic (exact) mass is 387 g/mol. The molecule has 0 spiro atoms. The molecule has 1 aliphatic rings. The largest absolute Gasteiger partial charge is 0.507 e. The second kappa shape index (κ2) is 7.36. The summed E-state index contributed by atoms with van der Waals surface area (Å²) in [6.07, 6.45) is 0. The van der Waals surface area contributed by atoms with Gasteiger partial charge < -0.3 is 5.11 Å². The number of aryl methyl sites for hydroxylation is 1. The van der Waals surface area contributed by atoms with Crippen molar-refractivity contribution in [2.45, 2.75) is 13.0 Å². The van der Waals surface area contributed by atoms with Crippen molar-refractivity contribution in [1.82, 2.24) is 0 Å². The van der Waals surface area contributed by atoms with Crippen LogP contribution in [0.4, 0.5) is 10.1 Å². The first kappa shape index (κ1) is 18.6. The molecule has 1 amide bonds. The fourth-order valence-corrected chi connectivity index (χ4v) is 3.62. The summed E-state index contributed by atoms with van der Waals surface area (Å²) in [4.78, 5) is 27.2. The molecule has 1 aliphatic heterocycles. The van der Waals surface area contributed by atoms with Crippen LogP contribution in [-0.2, 0) is 9.59 Å². The van der Waals surface area contributed by atoms with Crippen LogP contribution in [0.15, 0.2) is 84.4 Å². The molecule has 1 N–H and O–H groups in total. The summed E-state index contributed by atoms with van der Waals surface area (Å²) in [5.41, 5.74) is 2.17. The molecule has 0 radical (unpaired) electrons. The Morgan fingerprint density at radius 1 is 0.931 bits per heavy atom. The van der Waals surface area contributed by atoms with Crippen LogP contribution in [0, 0.1) is 12.7 Å². The van der Waals surface area contributed by atoms with Gasteiger partial charge in [-0.25, -0.2) is 4.39 Å². The highest BCUT2D eigenvalue weighted by Crippen LogP contribution is 2.42. The number of carbonyl (C=O) groups is 2. The summed E-state index contributed by atoms with van der Waals surface area (Å²) in [6, 6.07) is 20.5. The topological polar surface area (TPSA) is 57.6 Å². The van der Waals surface area contributed by atoms with Gasteiger partial charge in [0.15, 0.2) is 0 Å². The fraction of sp³-hybridized carbons (Fsp3) is 0.0833. The Labute approximate surface area is 167 Å². The van der Waals surface area contributed by atoms with Gasteiger partial charge in [-0.1, -0.05) is 54.6 Å². The molecular weight excluding hydrogens is 369 g/mol. The minimum Gasteiger partial charge on any atom is -0.507 e. The Morgan fingerprint density at radius 3 is 2.34 bits per heavy atom. The Bertz CT molecular complexity index is 1140. The number of aliphatic hydroxyl groups excluding tert-OH is 1. The molecule has 1 fully saturated rings. The van der Waals surface area contributed by atoms with Gasteiger partial charge >= 0.3 is 0 Å². The van der Waals surface area contributed by atoms with E-state index in [0.29, 0.717) is 16.8 Å². The van der Waals surface area contributed by atoms with Crippen LogP contribution in [0.25, 0.3) is 5.76 Å². The van der Waals surface area contributed by atoms with Gasteiger partial charge in [-0.3, -0.25) is 14.5 Å². The molecule has 29 heavy (non-hydrogen) atoms. The zero-order valence-corrected chi connectivity index (χ0v) is 15.7. The Hall–Kier alpha value is -3.73. The molecule has 4 nitrogen and oxygen atoms in total. The third-order valence-corrected chi connectivity index (χ3v) is 4.94. The maximum Gasteiger partial charge on any atom is 0.300 e. The number of hydrogen-bond donors (Lipinski definition) is 1. The summed E-state index contributed by atoms with van der Waals surface area (Å²) >= 11 is 0. The molecule has 4 rings (SSSR count). The highest BCUT2D eigenvalue weighted by Gasteiger charge is 2.47. The van der Waals surface area contributed by atoms with Crippen LogP contribution in [0.2, 0.25) is 0 Å². The molecule has 0 saturated carbocycles. The highest BCUT2D eigenvalue weighted by atomic mass is 19.1. The predicted octanol–water partition coefficient (Wildman–Crippen LogP) is 4.76. The summed E-state index contributed by atoms with van der Waals surface area (Å²) < 4.78 is 14.0. The number of hydrogen-bond acceptors (Lipinski definition) is 3. The maximum absolute atomic E-state index is 14.0. The molecular formula is C24H18FNO3. The molecule has 0 aliphatic carbocycles. The van der Waals surface area contributed by atoms with Crippen molar-refractivity contribution in [2.75, 3.05) is 4.90 Å². The van der Waals surface area contributed by atoms with Crippen molar-refractivity contribution in [3.8, 4) is 0 Å². The number of Topliss-reactive ketones (excluding diaryl/α,β-unsaturated/α-hetero) is 1. The van der Waals surface area contributed by atoms with Gasteiger partial charge in [0, 0.05) is 11.3 Å². The van der Waals surface area contributed by atoms with Crippen molar-refractivity contribution >= 4 is 23.1 Å². The lowest BCUT2D eigenvalue weighted by Gasteiger charge is -2.25. The van der Waals surface area contributed by atoms with Crippen molar-refractivity contribution in [3.63, 3.8) is 0 Å². The zero-order chi connectivity index (χ0) is 20.5. The van der Waals surface area contributed by atoms with Crippen molar-refractivity contribution in [2.24, 2.45) is 0 Å². The quantitative estimate of drug-likeness (QED) is 0.400. The van der Waals surface area contributed by atoms with Crippen LogP contribution in [0.1, 0.15) is 22.7 Å². The smallest absolute Gasteiger partial charge is 0.300 e. The summed E-state index contributed by atoms with van der Waals surface area (Å²) in [5, 5.41) is 10.9. The molecule has 3 aromatic carbocycles. The van der Waals surface area contributed by atoms with Crippen LogP contribution in [-0.4, -0.2) is 16.8 Å². The first-order valence-corrected chi connectivity index (χ1v) is 9.16. The molecule has 3 aromatic rings. The highest BCUT2D eigenvalue weighted by molar-refractivity contribution is 6.51.